The van der Waals surface area contributed by atoms with Crippen LogP contribution in [0, 0.1) is 11.7 Å². The molecule has 2 aliphatic heterocycles. The van der Waals surface area contributed by atoms with Crippen molar-refractivity contribution in [1.29, 1.82) is 0 Å². The predicted molar refractivity (Wildman–Crippen MR) is 137 cm³/mol. The highest BCUT2D eigenvalue weighted by Crippen LogP contribution is 2.47. The minimum atomic E-state index is -0.280. The summed E-state index contributed by atoms with van der Waals surface area (Å²) in [6.07, 6.45) is 1.26. The van der Waals surface area contributed by atoms with E-state index in [1.54, 1.807) is 30.3 Å². The summed E-state index contributed by atoms with van der Waals surface area (Å²) in [6.45, 7) is 9.53. The quantitative estimate of drug-likeness (QED) is 0.432. The Balaban J connectivity index is 1.42. The molecule has 3 aromatic rings. The van der Waals surface area contributed by atoms with E-state index in [2.05, 4.69) is 25.7 Å². The van der Waals surface area contributed by atoms with Crippen LogP contribution in [0.3, 0.4) is 0 Å². The van der Waals surface area contributed by atoms with E-state index in [4.69, 9.17) is 9.47 Å². The summed E-state index contributed by atoms with van der Waals surface area (Å²) in [5.41, 5.74) is 3.66. The Morgan fingerprint density at radius 1 is 1.03 bits per heavy atom. The van der Waals surface area contributed by atoms with Gasteiger partial charge in [0.25, 0.3) is 0 Å². The second kappa shape index (κ2) is 9.74. The van der Waals surface area contributed by atoms with Crippen molar-refractivity contribution in [2.24, 2.45) is 5.92 Å². The molecule has 4 nitrogen and oxygen atoms in total. The normalized spacial score (nSPS) is 20.9. The zero-order valence-corrected chi connectivity index (χ0v) is 20.5. The first-order valence-electron chi connectivity index (χ1n) is 12.4. The van der Waals surface area contributed by atoms with Gasteiger partial charge in [0, 0.05) is 35.2 Å². The van der Waals surface area contributed by atoms with E-state index < -0.39 is 0 Å². The van der Waals surface area contributed by atoms with Crippen LogP contribution in [0.15, 0.2) is 66.7 Å². The minimum Gasteiger partial charge on any atom is -0.508 e. The van der Waals surface area contributed by atoms with Crippen LogP contribution in [0.2, 0.25) is 0 Å². The number of nitrogens with zero attached hydrogens (tertiary/aromatic N) is 1. The van der Waals surface area contributed by atoms with Crippen LogP contribution in [0.5, 0.6) is 17.2 Å². The molecule has 0 aliphatic carbocycles. The lowest BCUT2D eigenvalue weighted by Gasteiger charge is -2.29. The molecule has 182 valence electrons. The van der Waals surface area contributed by atoms with Gasteiger partial charge in [0.2, 0.25) is 0 Å². The van der Waals surface area contributed by atoms with Gasteiger partial charge in [-0.1, -0.05) is 26.0 Å². The Hall–Kier alpha value is -3.31. The average molecular weight is 474 g/mol. The van der Waals surface area contributed by atoms with E-state index >= 15 is 0 Å². The third kappa shape index (κ3) is 4.92. The molecule has 0 amide bonds. The third-order valence-electron chi connectivity index (χ3n) is 7.19. The van der Waals surface area contributed by atoms with Gasteiger partial charge in [0.15, 0.2) is 0 Å². The van der Waals surface area contributed by atoms with Crippen LogP contribution < -0.4 is 9.47 Å². The molecule has 1 unspecified atom stereocenters. The van der Waals surface area contributed by atoms with Crippen LogP contribution in [0.4, 0.5) is 4.39 Å². The Bertz CT molecular complexity index is 1220. The topological polar surface area (TPSA) is 41.9 Å². The van der Waals surface area contributed by atoms with Crippen molar-refractivity contribution in [2.75, 3.05) is 19.7 Å². The van der Waals surface area contributed by atoms with Gasteiger partial charge in [-0.2, -0.15) is 0 Å². The van der Waals surface area contributed by atoms with E-state index in [-0.39, 0.29) is 17.5 Å². The number of fused-ring (bicyclic) bond motifs is 1. The summed E-state index contributed by atoms with van der Waals surface area (Å²) in [4.78, 5) is 2.49. The van der Waals surface area contributed by atoms with Gasteiger partial charge in [-0.05, 0) is 86.0 Å². The molecule has 2 aliphatic rings. The number of aromatic hydroxyl groups is 1. The zero-order chi connectivity index (χ0) is 24.5. The van der Waals surface area contributed by atoms with Crippen LogP contribution in [0.25, 0.3) is 11.3 Å². The molecule has 5 rings (SSSR count). The summed E-state index contributed by atoms with van der Waals surface area (Å²) >= 11 is 0. The molecule has 0 saturated carbocycles. The minimum absolute atomic E-state index is 0.0501. The molecule has 5 heteroatoms. The lowest BCUT2D eigenvalue weighted by molar-refractivity contribution is 0.169. The molecule has 0 radical (unpaired) electrons. The van der Waals surface area contributed by atoms with Crippen LogP contribution in [0.1, 0.15) is 49.8 Å². The number of phenolic OH excluding ortho intramolecular Hbond substituents is 1. The Morgan fingerprint density at radius 3 is 2.43 bits per heavy atom. The predicted octanol–water partition coefficient (Wildman–Crippen LogP) is 6.70. The maximum Gasteiger partial charge on any atom is 0.139 e. The summed E-state index contributed by atoms with van der Waals surface area (Å²) in [5.74, 6) is 2.89. The van der Waals surface area contributed by atoms with E-state index in [0.29, 0.717) is 18.4 Å². The molecule has 3 atom stereocenters. The van der Waals surface area contributed by atoms with E-state index in [1.807, 2.05) is 24.3 Å². The fourth-order valence-corrected chi connectivity index (χ4v) is 5.10. The Labute approximate surface area is 206 Å². The van der Waals surface area contributed by atoms with Gasteiger partial charge in [-0.25, -0.2) is 4.39 Å². The van der Waals surface area contributed by atoms with Gasteiger partial charge in [-0.15, -0.1) is 0 Å². The van der Waals surface area contributed by atoms with Gasteiger partial charge < -0.3 is 14.6 Å². The molecule has 3 aromatic carbocycles. The van der Waals surface area contributed by atoms with Crippen molar-refractivity contribution in [3.63, 3.8) is 0 Å². The number of halogens is 1. The van der Waals surface area contributed by atoms with Crippen LogP contribution in [-0.4, -0.2) is 35.7 Å². The van der Waals surface area contributed by atoms with E-state index in [9.17, 15) is 9.50 Å². The van der Waals surface area contributed by atoms with E-state index in [1.165, 1.54) is 18.6 Å². The Kier molecular flexibility index (Phi) is 6.52. The molecule has 35 heavy (non-hydrogen) atoms. The SMILES string of the molecule is CC1C(c2ccc(F)cc2)=C(c2ccc(OC[C@H](C)N3CC[C@@H](C)C3)cc2)Oc2ccc(O)cc21. The molecule has 2 heterocycles. The van der Waals surface area contributed by atoms with Crippen molar-refractivity contribution < 1.29 is 19.0 Å². The number of likely N-dealkylation sites (tertiary alicyclic amines) is 1. The third-order valence-corrected chi connectivity index (χ3v) is 7.19. The molecular formula is C30H32FNO3. The second-order valence-electron chi connectivity index (χ2n) is 9.87. The fraction of sp³-hybridized carbons (Fsp3) is 0.333. The fourth-order valence-electron chi connectivity index (χ4n) is 5.10. The lowest BCUT2D eigenvalue weighted by Crippen LogP contribution is -2.35. The summed E-state index contributed by atoms with van der Waals surface area (Å²) in [6, 6.07) is 20.0. The number of hydrogen-bond donors (Lipinski definition) is 1. The highest BCUT2D eigenvalue weighted by Gasteiger charge is 2.29. The average Bonchev–Trinajstić information content (AvgIpc) is 3.30. The zero-order valence-electron chi connectivity index (χ0n) is 20.5. The number of allylic oxidation sites excluding steroid dienone is 1. The molecule has 0 spiro atoms. The maximum absolute atomic E-state index is 13.7. The molecule has 1 fully saturated rings. The molecular weight excluding hydrogens is 441 g/mol. The summed E-state index contributed by atoms with van der Waals surface area (Å²) < 4.78 is 26.1. The number of rotatable bonds is 6. The monoisotopic (exact) mass is 473 g/mol. The molecule has 1 N–H and O–H groups in total. The van der Waals surface area contributed by atoms with Gasteiger partial charge in [0.05, 0.1) is 0 Å². The standard InChI is InChI=1S/C30H32FNO3/c1-19-14-15-32(17-19)20(2)18-34-26-11-6-23(7-12-26)30-29(22-4-8-24(31)9-5-22)21(3)27-16-25(33)10-13-28(27)35-30/h4-13,16,19-21,33H,14-15,17-18H2,1-3H3/t19-,20+,21?/m1/s1. The number of benzene rings is 3. The summed E-state index contributed by atoms with van der Waals surface area (Å²) in [7, 11) is 0. The first-order valence-corrected chi connectivity index (χ1v) is 12.4. The lowest BCUT2D eigenvalue weighted by atomic mass is 9.83. The van der Waals surface area contributed by atoms with Crippen molar-refractivity contribution in [3.8, 4) is 17.2 Å². The number of phenols is 1. The van der Waals surface area contributed by atoms with Crippen LogP contribution in [-0.2, 0) is 0 Å². The van der Waals surface area contributed by atoms with Crippen LogP contribution >= 0.6 is 0 Å². The van der Waals surface area contributed by atoms with E-state index in [0.717, 1.165) is 52.8 Å². The van der Waals surface area contributed by atoms with Crippen molar-refractivity contribution in [3.05, 3.63) is 89.2 Å². The Morgan fingerprint density at radius 2 is 1.74 bits per heavy atom. The van der Waals surface area contributed by atoms with Gasteiger partial charge in [-0.3, -0.25) is 4.90 Å². The molecule has 0 aromatic heterocycles. The first kappa shape index (κ1) is 23.4. The van der Waals surface area contributed by atoms with Crippen molar-refractivity contribution >= 4 is 11.3 Å². The number of hydrogen-bond acceptors (Lipinski definition) is 4. The number of ether oxygens (including phenoxy) is 2. The highest BCUT2D eigenvalue weighted by molar-refractivity contribution is 5.93. The first-order chi connectivity index (χ1) is 16.9. The largest absolute Gasteiger partial charge is 0.508 e. The van der Waals surface area contributed by atoms with Gasteiger partial charge in [0.1, 0.15) is 35.4 Å². The maximum atomic E-state index is 13.7. The van der Waals surface area contributed by atoms with Gasteiger partial charge >= 0.3 is 0 Å². The molecule has 0 bridgehead atoms. The molecule has 1 saturated heterocycles. The summed E-state index contributed by atoms with van der Waals surface area (Å²) in [5, 5.41) is 10.0. The second-order valence-corrected chi connectivity index (χ2v) is 9.87. The van der Waals surface area contributed by atoms with Crippen molar-refractivity contribution in [2.45, 2.75) is 39.2 Å². The van der Waals surface area contributed by atoms with Crippen molar-refractivity contribution in [1.82, 2.24) is 4.90 Å². The smallest absolute Gasteiger partial charge is 0.139 e. The highest BCUT2D eigenvalue weighted by atomic mass is 19.1.